The summed E-state index contributed by atoms with van der Waals surface area (Å²) in [5, 5.41) is 10.0. The number of alkyl halides is 1. The lowest BCUT2D eigenvalue weighted by atomic mass is 9.95. The molecule has 0 bridgehead atoms. The van der Waals surface area contributed by atoms with Gasteiger partial charge in [-0.2, -0.15) is 0 Å². The number of fused-ring (bicyclic) bond motifs is 1. The highest BCUT2D eigenvalue weighted by Crippen LogP contribution is 2.40. The highest BCUT2D eigenvalue weighted by molar-refractivity contribution is 5.52. The first kappa shape index (κ1) is 11.2. The summed E-state index contributed by atoms with van der Waals surface area (Å²) in [6.07, 6.45) is 0. The maximum Gasteiger partial charge on any atom is 0.167 e. The van der Waals surface area contributed by atoms with E-state index in [2.05, 4.69) is 0 Å². The predicted molar refractivity (Wildman–Crippen MR) is 57.5 cm³/mol. The van der Waals surface area contributed by atoms with Crippen LogP contribution in [0.25, 0.3) is 0 Å². The van der Waals surface area contributed by atoms with Crippen molar-refractivity contribution in [2.24, 2.45) is 0 Å². The van der Waals surface area contributed by atoms with Crippen LogP contribution >= 0.6 is 0 Å². The second-order valence-corrected chi connectivity index (χ2v) is 4.36. The summed E-state index contributed by atoms with van der Waals surface area (Å²) >= 11 is 0. The lowest BCUT2D eigenvalue weighted by Gasteiger charge is -2.27. The Morgan fingerprint density at radius 1 is 1.31 bits per heavy atom. The van der Waals surface area contributed by atoms with Gasteiger partial charge in [0, 0.05) is 5.56 Å². The first-order valence-electron chi connectivity index (χ1n) is 5.23. The Balaban J connectivity index is 2.56. The molecule has 0 spiro atoms. The topological polar surface area (TPSA) is 38.7 Å². The maximum atomic E-state index is 12.7. The number of halogens is 1. The first-order valence-corrected chi connectivity index (χ1v) is 5.23. The van der Waals surface area contributed by atoms with E-state index in [0.717, 1.165) is 0 Å². The van der Waals surface area contributed by atoms with Crippen molar-refractivity contribution in [1.29, 1.82) is 0 Å². The van der Waals surface area contributed by atoms with Crippen LogP contribution in [0.4, 0.5) is 4.39 Å². The van der Waals surface area contributed by atoms with Gasteiger partial charge in [0.05, 0.1) is 5.60 Å². The van der Waals surface area contributed by atoms with Gasteiger partial charge < -0.3 is 14.6 Å². The summed E-state index contributed by atoms with van der Waals surface area (Å²) in [4.78, 5) is 0. The largest absolute Gasteiger partial charge is 0.486 e. The average molecular weight is 226 g/mol. The van der Waals surface area contributed by atoms with Crippen molar-refractivity contribution in [1.82, 2.24) is 0 Å². The number of benzene rings is 1. The van der Waals surface area contributed by atoms with Crippen molar-refractivity contribution in [2.45, 2.75) is 26.1 Å². The summed E-state index contributed by atoms with van der Waals surface area (Å²) in [6.45, 7) is 3.60. The molecule has 0 radical (unpaired) electrons. The van der Waals surface area contributed by atoms with E-state index in [9.17, 15) is 9.50 Å². The molecule has 0 unspecified atom stereocenters. The van der Waals surface area contributed by atoms with Crippen LogP contribution in [0.3, 0.4) is 0 Å². The van der Waals surface area contributed by atoms with E-state index in [1.54, 1.807) is 26.0 Å². The van der Waals surface area contributed by atoms with Gasteiger partial charge in [-0.05, 0) is 31.5 Å². The number of hydrogen-bond donors (Lipinski definition) is 1. The molecule has 1 aromatic carbocycles. The lowest BCUT2D eigenvalue weighted by molar-refractivity contribution is 0.0701. The van der Waals surface area contributed by atoms with E-state index in [0.29, 0.717) is 35.8 Å². The average Bonchev–Trinajstić information content (AvgIpc) is 2.26. The third kappa shape index (κ3) is 1.97. The maximum absolute atomic E-state index is 12.7. The first-order chi connectivity index (χ1) is 7.52. The van der Waals surface area contributed by atoms with Gasteiger partial charge >= 0.3 is 0 Å². The van der Waals surface area contributed by atoms with Crippen molar-refractivity contribution in [3.05, 3.63) is 23.3 Å². The normalized spacial score (nSPS) is 15.0. The van der Waals surface area contributed by atoms with Crippen molar-refractivity contribution in [3.63, 3.8) is 0 Å². The molecule has 0 atom stereocenters. The third-order valence-corrected chi connectivity index (χ3v) is 2.52. The fourth-order valence-corrected chi connectivity index (χ4v) is 1.74. The molecule has 1 aliphatic rings. The SMILES string of the molecule is CC(C)(O)c1cc(CF)cc2c1OCCO2. The van der Waals surface area contributed by atoms with Crippen LogP contribution < -0.4 is 9.47 Å². The molecule has 0 aliphatic carbocycles. The van der Waals surface area contributed by atoms with Gasteiger partial charge in [0.2, 0.25) is 0 Å². The fourth-order valence-electron chi connectivity index (χ4n) is 1.74. The summed E-state index contributed by atoms with van der Waals surface area (Å²) in [5.74, 6) is 1.04. The molecule has 88 valence electrons. The molecule has 1 aromatic rings. The van der Waals surface area contributed by atoms with Crippen molar-refractivity contribution < 1.29 is 19.0 Å². The van der Waals surface area contributed by atoms with Gasteiger partial charge in [-0.25, -0.2) is 4.39 Å². The third-order valence-electron chi connectivity index (χ3n) is 2.52. The Morgan fingerprint density at radius 2 is 2.00 bits per heavy atom. The zero-order chi connectivity index (χ0) is 11.8. The minimum atomic E-state index is -1.07. The molecular weight excluding hydrogens is 211 g/mol. The Kier molecular flexibility index (Phi) is 2.76. The number of ether oxygens (including phenoxy) is 2. The summed E-state index contributed by atoms with van der Waals surface area (Å²) in [5.41, 5.74) is -0.0191. The van der Waals surface area contributed by atoms with Crippen LogP contribution in [0, 0.1) is 0 Å². The van der Waals surface area contributed by atoms with Crippen molar-refractivity contribution in [3.8, 4) is 11.5 Å². The summed E-state index contributed by atoms with van der Waals surface area (Å²) < 4.78 is 23.6. The number of hydrogen-bond acceptors (Lipinski definition) is 3. The molecule has 3 nitrogen and oxygen atoms in total. The Morgan fingerprint density at radius 3 is 2.62 bits per heavy atom. The molecule has 0 saturated heterocycles. The second kappa shape index (κ2) is 3.94. The van der Waals surface area contributed by atoms with Crippen LogP contribution in [0.1, 0.15) is 25.0 Å². The summed E-state index contributed by atoms with van der Waals surface area (Å²) in [7, 11) is 0. The molecule has 0 saturated carbocycles. The second-order valence-electron chi connectivity index (χ2n) is 4.36. The number of rotatable bonds is 2. The van der Waals surface area contributed by atoms with Crippen LogP contribution in [0.5, 0.6) is 11.5 Å². The fraction of sp³-hybridized carbons (Fsp3) is 0.500. The van der Waals surface area contributed by atoms with Gasteiger partial charge in [0.1, 0.15) is 19.9 Å². The van der Waals surface area contributed by atoms with Crippen LogP contribution in [0.15, 0.2) is 12.1 Å². The van der Waals surface area contributed by atoms with E-state index in [-0.39, 0.29) is 0 Å². The zero-order valence-corrected chi connectivity index (χ0v) is 9.42. The summed E-state index contributed by atoms with van der Waals surface area (Å²) in [6, 6.07) is 3.23. The van der Waals surface area contributed by atoms with Crippen molar-refractivity contribution in [2.75, 3.05) is 13.2 Å². The van der Waals surface area contributed by atoms with E-state index >= 15 is 0 Å². The Labute approximate surface area is 93.8 Å². The number of aliphatic hydroxyl groups is 1. The molecule has 0 aromatic heterocycles. The standard InChI is InChI=1S/C12H15FO3/c1-12(2,14)9-5-8(7-13)6-10-11(9)16-4-3-15-10/h5-6,14H,3-4,7H2,1-2H3. The molecule has 1 aliphatic heterocycles. The Hall–Kier alpha value is -1.29. The van der Waals surface area contributed by atoms with E-state index in [1.165, 1.54) is 0 Å². The van der Waals surface area contributed by atoms with Gasteiger partial charge in [0.15, 0.2) is 11.5 Å². The molecule has 1 N–H and O–H groups in total. The van der Waals surface area contributed by atoms with Gasteiger partial charge in [-0.3, -0.25) is 0 Å². The highest BCUT2D eigenvalue weighted by Gasteiger charge is 2.26. The molecule has 0 fully saturated rings. The minimum absolute atomic E-state index is 0.449. The minimum Gasteiger partial charge on any atom is -0.486 e. The van der Waals surface area contributed by atoms with E-state index < -0.39 is 12.3 Å². The quantitative estimate of drug-likeness (QED) is 0.839. The van der Waals surface area contributed by atoms with Gasteiger partial charge in [-0.15, -0.1) is 0 Å². The van der Waals surface area contributed by atoms with Gasteiger partial charge in [0.25, 0.3) is 0 Å². The van der Waals surface area contributed by atoms with Crippen LogP contribution in [-0.4, -0.2) is 18.3 Å². The monoisotopic (exact) mass is 226 g/mol. The van der Waals surface area contributed by atoms with Gasteiger partial charge in [-0.1, -0.05) is 0 Å². The van der Waals surface area contributed by atoms with Crippen LogP contribution in [0.2, 0.25) is 0 Å². The van der Waals surface area contributed by atoms with E-state index in [4.69, 9.17) is 9.47 Å². The molecule has 4 heteroatoms. The van der Waals surface area contributed by atoms with Crippen molar-refractivity contribution >= 4 is 0 Å². The molecule has 16 heavy (non-hydrogen) atoms. The molecule has 2 rings (SSSR count). The molecule has 1 heterocycles. The zero-order valence-electron chi connectivity index (χ0n) is 9.42. The van der Waals surface area contributed by atoms with Crippen LogP contribution in [-0.2, 0) is 12.3 Å². The predicted octanol–water partition coefficient (Wildman–Crippen LogP) is 2.15. The Bertz CT molecular complexity index is 396. The highest BCUT2D eigenvalue weighted by atomic mass is 19.1. The lowest BCUT2D eigenvalue weighted by Crippen LogP contribution is -2.22. The molecule has 0 amide bonds. The van der Waals surface area contributed by atoms with E-state index in [1.807, 2.05) is 0 Å². The molecular formula is C12H15FO3. The smallest absolute Gasteiger partial charge is 0.167 e.